The van der Waals surface area contributed by atoms with Crippen LogP contribution in [0.5, 0.6) is 5.75 Å². The lowest BCUT2D eigenvalue weighted by Gasteiger charge is -2.44. The van der Waals surface area contributed by atoms with Crippen molar-refractivity contribution >= 4 is 29.1 Å². The van der Waals surface area contributed by atoms with Crippen molar-refractivity contribution in [1.29, 1.82) is 0 Å². The zero-order valence-electron chi connectivity index (χ0n) is 31.5. The molecular weight excluding hydrogens is 710 g/mol. The van der Waals surface area contributed by atoms with Gasteiger partial charge < -0.3 is 24.9 Å². The van der Waals surface area contributed by atoms with Crippen LogP contribution in [0.3, 0.4) is 0 Å². The number of fused-ring (bicyclic) bond motifs is 2. The largest absolute Gasteiger partial charge is 0.508 e. The van der Waals surface area contributed by atoms with E-state index in [1.54, 1.807) is 23.1 Å². The first-order valence-electron chi connectivity index (χ1n) is 20.0. The molecule has 290 valence electrons. The number of nitrogens with zero attached hydrogens (tertiary/aromatic N) is 4. The predicted molar refractivity (Wildman–Crippen MR) is 211 cm³/mol. The summed E-state index contributed by atoms with van der Waals surface area (Å²) in [7, 11) is 0. The van der Waals surface area contributed by atoms with Crippen LogP contribution in [0.15, 0.2) is 84.9 Å². The van der Waals surface area contributed by atoms with E-state index in [1.807, 2.05) is 36.4 Å². The van der Waals surface area contributed by atoms with Gasteiger partial charge in [0.1, 0.15) is 17.6 Å². The van der Waals surface area contributed by atoms with Gasteiger partial charge in [-0.05, 0) is 120 Å². The normalized spacial score (nSPS) is 23.9. The molecule has 0 spiro atoms. The predicted octanol–water partition coefficient (Wildman–Crippen LogP) is 5.31. The van der Waals surface area contributed by atoms with Crippen molar-refractivity contribution in [2.45, 2.75) is 68.5 Å². The minimum atomic E-state index is -0.758. The zero-order chi connectivity index (χ0) is 38.6. The maximum absolute atomic E-state index is 13.9. The topological polar surface area (TPSA) is 117 Å². The fourth-order valence-corrected chi connectivity index (χ4v) is 9.86. The Balaban J connectivity index is 0.799. The number of rotatable bonds is 7. The first kappa shape index (κ1) is 36.4. The number of aliphatic hydroxyl groups is 1. The molecule has 5 aliphatic rings. The SMILES string of the molecule is O=C1CCC(N2Cc3cc(N4CCN(CC5(O)CCN(c6ccc(C7c8ccc(O)cc8CCC7c7ccc(F)cc7)cc6)CC5)CC4)ccc3C2=O)C(=O)N1. The van der Waals surface area contributed by atoms with Crippen molar-refractivity contribution in [3.8, 4) is 5.75 Å². The second-order valence-electron chi connectivity index (χ2n) is 16.4. The molecule has 0 bridgehead atoms. The molecule has 0 radical (unpaired) electrons. The number of halogens is 1. The van der Waals surface area contributed by atoms with Crippen LogP contribution in [-0.2, 0) is 22.6 Å². The van der Waals surface area contributed by atoms with Crippen molar-refractivity contribution in [3.63, 3.8) is 0 Å². The van der Waals surface area contributed by atoms with Gasteiger partial charge in [-0.15, -0.1) is 0 Å². The average Bonchev–Trinajstić information content (AvgIpc) is 3.53. The Labute approximate surface area is 326 Å². The highest BCUT2D eigenvalue weighted by atomic mass is 19.1. The number of nitrogens with one attached hydrogen (secondary N) is 1. The Bertz CT molecular complexity index is 2140. The van der Waals surface area contributed by atoms with Gasteiger partial charge in [0.15, 0.2) is 0 Å². The number of phenols is 1. The summed E-state index contributed by atoms with van der Waals surface area (Å²) in [4.78, 5) is 45.9. The van der Waals surface area contributed by atoms with E-state index in [1.165, 1.54) is 11.1 Å². The molecule has 3 amide bonds. The summed E-state index contributed by atoms with van der Waals surface area (Å²) in [5, 5.41) is 24.3. The number of hydrogen-bond donors (Lipinski definition) is 3. The molecule has 3 saturated heterocycles. The number of carbonyl (C=O) groups is 3. The Hall–Kier alpha value is -5.26. The Kier molecular flexibility index (Phi) is 9.53. The van der Waals surface area contributed by atoms with Crippen LogP contribution in [0, 0.1) is 5.82 Å². The van der Waals surface area contributed by atoms with Crippen molar-refractivity contribution in [1.82, 2.24) is 15.1 Å². The van der Waals surface area contributed by atoms with Crippen LogP contribution in [0.4, 0.5) is 15.8 Å². The molecule has 4 heterocycles. The number of benzene rings is 4. The molecular formula is C45H48FN5O5. The van der Waals surface area contributed by atoms with E-state index in [9.17, 15) is 29.0 Å². The Morgan fingerprint density at radius 1 is 0.732 bits per heavy atom. The number of amides is 3. The molecule has 56 heavy (non-hydrogen) atoms. The highest BCUT2D eigenvalue weighted by Gasteiger charge is 2.40. The number of aromatic hydroxyl groups is 1. The number of carbonyl (C=O) groups excluding carboxylic acids is 3. The number of aryl methyl sites for hydroxylation is 1. The number of imide groups is 1. The number of phenolic OH excluding ortho intramolecular Hbond substituents is 1. The van der Waals surface area contributed by atoms with Crippen LogP contribution in [-0.4, -0.2) is 95.2 Å². The first-order chi connectivity index (χ1) is 27.1. The summed E-state index contributed by atoms with van der Waals surface area (Å²) in [6.07, 6.45) is 3.73. The van der Waals surface area contributed by atoms with E-state index in [-0.39, 0.29) is 41.6 Å². The van der Waals surface area contributed by atoms with Gasteiger partial charge in [0.25, 0.3) is 5.91 Å². The molecule has 3 N–H and O–H groups in total. The number of β-amino-alcohol motifs (C(OH)–C–C–N with tert-alkyl or cyclic N) is 1. The first-order valence-corrected chi connectivity index (χ1v) is 20.0. The van der Waals surface area contributed by atoms with Crippen molar-refractivity contribution in [3.05, 3.63) is 124 Å². The smallest absolute Gasteiger partial charge is 0.255 e. The van der Waals surface area contributed by atoms with E-state index in [0.717, 1.165) is 80.2 Å². The van der Waals surface area contributed by atoms with Gasteiger partial charge in [-0.1, -0.05) is 30.3 Å². The van der Waals surface area contributed by atoms with Gasteiger partial charge in [-0.25, -0.2) is 4.39 Å². The van der Waals surface area contributed by atoms with Gasteiger partial charge in [-0.3, -0.25) is 24.6 Å². The van der Waals surface area contributed by atoms with Gasteiger partial charge in [0, 0.05) is 81.6 Å². The van der Waals surface area contributed by atoms with Crippen molar-refractivity contribution < 1.29 is 29.0 Å². The van der Waals surface area contributed by atoms with E-state index < -0.39 is 17.6 Å². The molecule has 10 nitrogen and oxygen atoms in total. The molecule has 4 aromatic carbocycles. The number of piperazine rings is 1. The molecule has 0 saturated carbocycles. The Morgan fingerprint density at radius 3 is 2.16 bits per heavy atom. The molecule has 4 aromatic rings. The fourth-order valence-electron chi connectivity index (χ4n) is 9.86. The lowest BCUT2D eigenvalue weighted by Crippen LogP contribution is -2.55. The molecule has 4 aliphatic heterocycles. The van der Waals surface area contributed by atoms with Crippen molar-refractivity contribution in [2.24, 2.45) is 0 Å². The molecule has 3 fully saturated rings. The third kappa shape index (κ3) is 7.03. The quantitative estimate of drug-likeness (QED) is 0.218. The highest BCUT2D eigenvalue weighted by Crippen LogP contribution is 2.47. The minimum absolute atomic E-state index is 0.0908. The highest BCUT2D eigenvalue weighted by molar-refractivity contribution is 6.05. The van der Waals surface area contributed by atoms with Gasteiger partial charge in [0.2, 0.25) is 11.8 Å². The monoisotopic (exact) mass is 757 g/mol. The third-order valence-corrected chi connectivity index (χ3v) is 13.0. The van der Waals surface area contributed by atoms with Crippen LogP contribution in [0.2, 0.25) is 0 Å². The average molecular weight is 758 g/mol. The number of piperidine rings is 2. The van der Waals surface area contributed by atoms with Gasteiger partial charge >= 0.3 is 0 Å². The molecule has 9 rings (SSSR count). The molecule has 1 aliphatic carbocycles. The summed E-state index contributed by atoms with van der Waals surface area (Å²) < 4.78 is 13.9. The van der Waals surface area contributed by atoms with E-state index >= 15 is 0 Å². The lowest BCUT2D eigenvalue weighted by molar-refractivity contribution is -0.136. The van der Waals surface area contributed by atoms with Gasteiger partial charge in [0.05, 0.1) is 5.60 Å². The summed E-state index contributed by atoms with van der Waals surface area (Å²) in [5.74, 6) is -0.517. The minimum Gasteiger partial charge on any atom is -0.508 e. The van der Waals surface area contributed by atoms with Crippen molar-refractivity contribution in [2.75, 3.05) is 55.6 Å². The number of hydrogen-bond acceptors (Lipinski definition) is 8. The molecule has 11 heteroatoms. The van der Waals surface area contributed by atoms with Crippen LogP contribution < -0.4 is 15.1 Å². The summed E-state index contributed by atoms with van der Waals surface area (Å²) in [6.45, 7) is 5.81. The van der Waals surface area contributed by atoms with E-state index in [2.05, 4.69) is 50.3 Å². The molecule has 0 aromatic heterocycles. The molecule has 3 atom stereocenters. The van der Waals surface area contributed by atoms with Crippen LogP contribution in [0.25, 0.3) is 0 Å². The lowest BCUT2D eigenvalue weighted by atomic mass is 9.69. The zero-order valence-corrected chi connectivity index (χ0v) is 31.5. The molecule has 3 unspecified atom stereocenters. The maximum atomic E-state index is 13.9. The summed E-state index contributed by atoms with van der Waals surface area (Å²) >= 11 is 0. The second kappa shape index (κ2) is 14.7. The van der Waals surface area contributed by atoms with Crippen LogP contribution >= 0.6 is 0 Å². The van der Waals surface area contributed by atoms with E-state index in [0.29, 0.717) is 37.9 Å². The van der Waals surface area contributed by atoms with Crippen LogP contribution in [0.1, 0.15) is 82.1 Å². The third-order valence-electron chi connectivity index (χ3n) is 13.0. The fraction of sp³-hybridized carbons (Fsp3) is 0.400. The second-order valence-corrected chi connectivity index (χ2v) is 16.4. The standard InChI is InChI=1S/C45H48FN5O5/c46-33-6-1-29(2-7-33)37-12-5-31-26-36(52)11-14-38(31)42(37)30-3-8-34(9-4-30)49-19-17-45(56,18-20-49)28-48-21-23-50(24-22-48)35-10-13-39-32(25-35)27-51(44(39)55)40-15-16-41(53)47-43(40)54/h1-4,6-11,13-14,25-26,37,40,42,52,56H,5,12,15-24,27-28H2,(H,47,53,54). The van der Waals surface area contributed by atoms with E-state index in [4.69, 9.17) is 0 Å². The number of anilines is 2. The Morgan fingerprint density at radius 2 is 1.43 bits per heavy atom. The summed E-state index contributed by atoms with van der Waals surface area (Å²) in [6, 6.07) is 26.7. The summed E-state index contributed by atoms with van der Waals surface area (Å²) in [5.41, 5.74) is 7.66. The van der Waals surface area contributed by atoms with Gasteiger partial charge in [-0.2, -0.15) is 0 Å². The maximum Gasteiger partial charge on any atom is 0.255 e.